The molecule has 15 heavy (non-hydrogen) atoms. The Bertz CT molecular complexity index is 294. The van der Waals surface area contributed by atoms with Crippen molar-refractivity contribution in [3.63, 3.8) is 0 Å². The summed E-state index contributed by atoms with van der Waals surface area (Å²) >= 11 is 0. The van der Waals surface area contributed by atoms with Gasteiger partial charge in [0.05, 0.1) is 11.8 Å². The molecule has 0 aromatic rings. The van der Waals surface area contributed by atoms with Gasteiger partial charge in [-0.05, 0) is 11.8 Å². The summed E-state index contributed by atoms with van der Waals surface area (Å²) in [5.41, 5.74) is -0.108. The Morgan fingerprint density at radius 1 is 1.40 bits per heavy atom. The van der Waals surface area contributed by atoms with Crippen LogP contribution in [0.5, 0.6) is 0 Å². The fourth-order valence-corrected chi connectivity index (χ4v) is 0.940. The summed E-state index contributed by atoms with van der Waals surface area (Å²) in [5.74, 6) is -1.66. The van der Waals surface area contributed by atoms with Gasteiger partial charge < -0.3 is 9.84 Å². The smallest absolute Gasteiger partial charge is 0.345 e. The predicted molar refractivity (Wildman–Crippen MR) is 56.1 cm³/mol. The van der Waals surface area contributed by atoms with Crippen molar-refractivity contribution in [2.24, 2.45) is 5.41 Å². The zero-order chi connectivity index (χ0) is 12.1. The van der Waals surface area contributed by atoms with Crippen LogP contribution >= 0.6 is 0 Å². The quantitative estimate of drug-likeness (QED) is 0.337. The fraction of sp³-hybridized carbons (Fsp3) is 0.455. The van der Waals surface area contributed by atoms with E-state index in [0.717, 1.165) is 6.08 Å². The number of carbonyl (C=O) groups excluding carboxylic acids is 2. The van der Waals surface area contributed by atoms with Crippen LogP contribution in [0, 0.1) is 5.41 Å². The standard InChI is InChI=1S/C11H16O4/c1-5-9(13)15-10(14)8(7-12)6-11(2,3)4/h5,7,12H,1,6H2,2-4H3. The fourth-order valence-electron chi connectivity index (χ4n) is 0.940. The maximum Gasteiger partial charge on any atom is 0.345 e. The molecule has 0 saturated heterocycles. The Balaban J connectivity index is 4.51. The molecular formula is C11H16O4. The largest absolute Gasteiger partial charge is 0.515 e. The average molecular weight is 212 g/mol. The number of esters is 2. The molecule has 0 atom stereocenters. The Labute approximate surface area is 89.2 Å². The molecule has 4 heteroatoms. The van der Waals surface area contributed by atoms with Gasteiger partial charge in [-0.2, -0.15) is 0 Å². The molecule has 0 aromatic heterocycles. The third-order valence-electron chi connectivity index (χ3n) is 1.50. The minimum atomic E-state index is -0.836. The number of carbonyl (C=O) groups is 2. The van der Waals surface area contributed by atoms with Gasteiger partial charge in [0.25, 0.3) is 0 Å². The Morgan fingerprint density at radius 3 is 2.27 bits per heavy atom. The van der Waals surface area contributed by atoms with Crippen molar-refractivity contribution in [2.75, 3.05) is 0 Å². The minimum absolute atomic E-state index is 0.0673. The highest BCUT2D eigenvalue weighted by Crippen LogP contribution is 2.24. The SMILES string of the molecule is C=CC(=O)OC(=O)C(=CO)CC(C)(C)C. The van der Waals surface area contributed by atoms with Gasteiger partial charge in [0.1, 0.15) is 0 Å². The van der Waals surface area contributed by atoms with Crippen LogP contribution in [0.25, 0.3) is 0 Å². The molecule has 0 heterocycles. The molecule has 1 N–H and O–H groups in total. The molecule has 0 aliphatic heterocycles. The number of aliphatic hydroxyl groups excluding tert-OH is 1. The monoisotopic (exact) mass is 212 g/mol. The first-order valence-corrected chi connectivity index (χ1v) is 4.52. The van der Waals surface area contributed by atoms with E-state index in [1.807, 2.05) is 20.8 Å². The molecular weight excluding hydrogens is 196 g/mol. The van der Waals surface area contributed by atoms with Gasteiger partial charge in [0.15, 0.2) is 0 Å². The van der Waals surface area contributed by atoms with Gasteiger partial charge in [0, 0.05) is 6.08 Å². The Morgan fingerprint density at radius 2 is 1.93 bits per heavy atom. The van der Waals surface area contributed by atoms with Crippen LogP contribution in [-0.4, -0.2) is 17.0 Å². The van der Waals surface area contributed by atoms with E-state index in [9.17, 15) is 9.59 Å². The Kier molecular flexibility index (Phi) is 4.78. The van der Waals surface area contributed by atoms with Crippen LogP contribution < -0.4 is 0 Å². The molecule has 0 rings (SSSR count). The topological polar surface area (TPSA) is 63.6 Å². The summed E-state index contributed by atoms with van der Waals surface area (Å²) < 4.78 is 4.37. The molecule has 84 valence electrons. The number of hydrogen-bond donors (Lipinski definition) is 1. The second-order valence-electron chi connectivity index (χ2n) is 4.30. The van der Waals surface area contributed by atoms with E-state index in [2.05, 4.69) is 11.3 Å². The maximum atomic E-state index is 11.3. The summed E-state index contributed by atoms with van der Waals surface area (Å²) in [7, 11) is 0. The third kappa shape index (κ3) is 5.67. The van der Waals surface area contributed by atoms with Crippen molar-refractivity contribution in [3.05, 3.63) is 24.5 Å². The van der Waals surface area contributed by atoms with E-state index < -0.39 is 11.9 Å². The van der Waals surface area contributed by atoms with E-state index >= 15 is 0 Å². The molecule has 0 fully saturated rings. The lowest BCUT2D eigenvalue weighted by Gasteiger charge is -2.18. The van der Waals surface area contributed by atoms with E-state index in [0.29, 0.717) is 12.7 Å². The molecule has 0 saturated carbocycles. The summed E-state index contributed by atoms with van der Waals surface area (Å²) in [6, 6.07) is 0. The highest BCUT2D eigenvalue weighted by Gasteiger charge is 2.21. The highest BCUT2D eigenvalue weighted by molar-refractivity contribution is 5.99. The van der Waals surface area contributed by atoms with Crippen LogP contribution in [-0.2, 0) is 14.3 Å². The highest BCUT2D eigenvalue weighted by atomic mass is 16.6. The lowest BCUT2D eigenvalue weighted by Crippen LogP contribution is -2.17. The molecule has 0 bridgehead atoms. The lowest BCUT2D eigenvalue weighted by atomic mass is 9.88. The van der Waals surface area contributed by atoms with Crippen molar-refractivity contribution >= 4 is 11.9 Å². The second-order valence-corrected chi connectivity index (χ2v) is 4.30. The minimum Gasteiger partial charge on any atom is -0.515 e. The van der Waals surface area contributed by atoms with Crippen LogP contribution in [0.4, 0.5) is 0 Å². The number of ether oxygens (including phenoxy) is 1. The zero-order valence-electron chi connectivity index (χ0n) is 9.24. The van der Waals surface area contributed by atoms with Crippen molar-refractivity contribution in [1.82, 2.24) is 0 Å². The summed E-state index contributed by atoms with van der Waals surface area (Å²) in [5, 5.41) is 8.85. The molecule has 0 amide bonds. The molecule has 0 unspecified atom stereocenters. The number of aliphatic hydroxyl groups is 1. The van der Waals surface area contributed by atoms with Gasteiger partial charge >= 0.3 is 11.9 Å². The molecule has 4 nitrogen and oxygen atoms in total. The zero-order valence-corrected chi connectivity index (χ0v) is 9.24. The van der Waals surface area contributed by atoms with Crippen molar-refractivity contribution in [1.29, 1.82) is 0 Å². The molecule has 0 radical (unpaired) electrons. The third-order valence-corrected chi connectivity index (χ3v) is 1.50. The summed E-state index contributed by atoms with van der Waals surface area (Å²) in [4.78, 5) is 22.0. The van der Waals surface area contributed by atoms with E-state index in [1.54, 1.807) is 0 Å². The van der Waals surface area contributed by atoms with Crippen LogP contribution in [0.15, 0.2) is 24.5 Å². The molecule has 0 aliphatic carbocycles. The first-order valence-electron chi connectivity index (χ1n) is 4.52. The average Bonchev–Trinajstić information content (AvgIpc) is 2.12. The van der Waals surface area contributed by atoms with Crippen molar-refractivity contribution in [3.8, 4) is 0 Å². The number of rotatable bonds is 3. The van der Waals surface area contributed by atoms with Crippen molar-refractivity contribution < 1.29 is 19.4 Å². The van der Waals surface area contributed by atoms with Gasteiger partial charge in [-0.3, -0.25) is 0 Å². The van der Waals surface area contributed by atoms with E-state index in [1.165, 1.54) is 0 Å². The predicted octanol–water partition coefficient (Wildman–Crippen LogP) is 2.12. The molecule has 0 aliphatic rings. The lowest BCUT2D eigenvalue weighted by molar-refractivity contribution is -0.153. The second kappa shape index (κ2) is 5.34. The van der Waals surface area contributed by atoms with E-state index in [4.69, 9.17) is 5.11 Å². The first-order chi connectivity index (χ1) is 6.80. The summed E-state index contributed by atoms with van der Waals surface area (Å²) in [6.45, 7) is 8.87. The number of hydrogen-bond acceptors (Lipinski definition) is 4. The van der Waals surface area contributed by atoms with Gasteiger partial charge in [-0.25, -0.2) is 9.59 Å². The van der Waals surface area contributed by atoms with E-state index in [-0.39, 0.29) is 11.0 Å². The van der Waals surface area contributed by atoms with Crippen LogP contribution in [0.3, 0.4) is 0 Å². The van der Waals surface area contributed by atoms with Crippen LogP contribution in [0.2, 0.25) is 0 Å². The maximum absolute atomic E-state index is 11.3. The molecule has 0 aromatic carbocycles. The van der Waals surface area contributed by atoms with Gasteiger partial charge in [-0.1, -0.05) is 27.4 Å². The van der Waals surface area contributed by atoms with Gasteiger partial charge in [0.2, 0.25) is 0 Å². The van der Waals surface area contributed by atoms with Crippen LogP contribution in [0.1, 0.15) is 27.2 Å². The van der Waals surface area contributed by atoms with Crippen molar-refractivity contribution in [2.45, 2.75) is 27.2 Å². The van der Waals surface area contributed by atoms with Gasteiger partial charge in [-0.15, -0.1) is 0 Å². The Hall–Kier alpha value is -1.58. The normalized spacial score (nSPS) is 12.1. The molecule has 0 spiro atoms. The summed E-state index contributed by atoms with van der Waals surface area (Å²) in [6.07, 6.45) is 1.89. The first kappa shape index (κ1) is 13.4.